The Labute approximate surface area is 158 Å². The highest BCUT2D eigenvalue weighted by molar-refractivity contribution is 5.81. The van der Waals surface area contributed by atoms with Gasteiger partial charge in [0.05, 0.1) is 7.05 Å². The zero-order valence-corrected chi connectivity index (χ0v) is 16.0. The molecule has 0 radical (unpaired) electrons. The number of benzene rings is 2. The van der Waals surface area contributed by atoms with Gasteiger partial charge in [0.1, 0.15) is 16.8 Å². The fourth-order valence-corrected chi connectivity index (χ4v) is 3.72. The molecule has 2 aromatic carbocycles. The van der Waals surface area contributed by atoms with E-state index in [1.54, 1.807) is 0 Å². The predicted molar refractivity (Wildman–Crippen MR) is 101 cm³/mol. The largest absolute Gasteiger partial charge is 1.00 e. The summed E-state index contributed by atoms with van der Waals surface area (Å²) in [4.78, 5) is 18.0. The maximum atomic E-state index is 12.7. The van der Waals surface area contributed by atoms with E-state index in [9.17, 15) is 4.79 Å². The first-order valence-corrected chi connectivity index (χ1v) is 8.38. The SMILES string of the molecule is CN(C)c1ccc2cc(C3N(C)c4ccccc4[NH+]3C)c(=O)oc2c1.[Cl-]. The van der Waals surface area contributed by atoms with E-state index in [-0.39, 0.29) is 24.2 Å². The molecule has 0 saturated carbocycles. The molecule has 5 nitrogen and oxygen atoms in total. The summed E-state index contributed by atoms with van der Waals surface area (Å²) in [5, 5.41) is 0.942. The number of nitrogens with one attached hydrogen (secondary N) is 1. The Morgan fingerprint density at radius 1 is 1.12 bits per heavy atom. The number of halogens is 1. The molecule has 0 fully saturated rings. The maximum absolute atomic E-state index is 12.7. The molecular formula is C20H22ClN3O2. The summed E-state index contributed by atoms with van der Waals surface area (Å²) in [7, 11) is 8.05. The van der Waals surface area contributed by atoms with Crippen LogP contribution in [0, 0.1) is 0 Å². The van der Waals surface area contributed by atoms with Crippen LogP contribution >= 0.6 is 0 Å². The summed E-state index contributed by atoms with van der Waals surface area (Å²) in [5.74, 6) is 0. The molecule has 0 aliphatic carbocycles. The van der Waals surface area contributed by atoms with Crippen molar-refractivity contribution in [2.75, 3.05) is 38.0 Å². The van der Waals surface area contributed by atoms with Gasteiger partial charge in [0, 0.05) is 44.3 Å². The number of nitrogens with zero attached hydrogens (tertiary/aromatic N) is 2. The van der Waals surface area contributed by atoms with Crippen molar-refractivity contribution in [1.29, 1.82) is 0 Å². The molecule has 4 rings (SSSR count). The van der Waals surface area contributed by atoms with Gasteiger partial charge >= 0.3 is 5.63 Å². The average Bonchev–Trinajstić information content (AvgIpc) is 2.85. The topological polar surface area (TPSA) is 41.1 Å². The van der Waals surface area contributed by atoms with Crippen molar-refractivity contribution in [3.05, 3.63) is 64.5 Å². The van der Waals surface area contributed by atoms with E-state index in [0.29, 0.717) is 11.1 Å². The van der Waals surface area contributed by atoms with Gasteiger partial charge in [-0.3, -0.25) is 4.90 Å². The third-order valence-corrected chi connectivity index (χ3v) is 5.06. The second-order valence-electron chi connectivity index (χ2n) is 6.82. The summed E-state index contributed by atoms with van der Waals surface area (Å²) in [5.41, 5.74) is 4.38. The summed E-state index contributed by atoms with van der Waals surface area (Å²) in [6.45, 7) is 0. The van der Waals surface area contributed by atoms with Crippen molar-refractivity contribution in [3.8, 4) is 0 Å². The molecule has 3 aromatic rings. The van der Waals surface area contributed by atoms with Crippen LogP contribution in [0.25, 0.3) is 11.0 Å². The Bertz CT molecular complexity index is 986. The molecule has 0 amide bonds. The van der Waals surface area contributed by atoms with Gasteiger partial charge in [-0.15, -0.1) is 0 Å². The number of fused-ring (bicyclic) bond motifs is 2. The number of para-hydroxylation sites is 2. The van der Waals surface area contributed by atoms with Gasteiger partial charge in [0.15, 0.2) is 5.69 Å². The number of hydrogen-bond acceptors (Lipinski definition) is 4. The fraction of sp³-hybridized carbons (Fsp3) is 0.250. The molecule has 2 unspecified atom stereocenters. The third kappa shape index (κ3) is 2.73. The van der Waals surface area contributed by atoms with Gasteiger partial charge in [-0.2, -0.15) is 0 Å². The standard InChI is InChI=1S/C20H21N3O2.ClH/c1-21(2)14-10-9-13-11-15(20(24)25-18(13)12-14)19-22(3)16-7-5-6-8-17(16)23(19)4;/h5-12,19H,1-4H3;1H. The van der Waals surface area contributed by atoms with E-state index in [1.807, 2.05) is 62.4 Å². The number of quaternary nitrogens is 1. The molecule has 136 valence electrons. The fourth-order valence-electron chi connectivity index (χ4n) is 3.72. The molecule has 1 aromatic heterocycles. The van der Waals surface area contributed by atoms with Gasteiger partial charge in [-0.05, 0) is 24.3 Å². The molecule has 1 aliphatic heterocycles. The lowest BCUT2D eigenvalue weighted by molar-refractivity contribution is -0.838. The zero-order valence-electron chi connectivity index (χ0n) is 15.3. The molecule has 0 bridgehead atoms. The van der Waals surface area contributed by atoms with Crippen LogP contribution in [-0.4, -0.2) is 28.2 Å². The van der Waals surface area contributed by atoms with Gasteiger partial charge in [0.2, 0.25) is 6.17 Å². The van der Waals surface area contributed by atoms with Crippen LogP contribution in [0.4, 0.5) is 17.1 Å². The third-order valence-electron chi connectivity index (χ3n) is 5.06. The molecule has 26 heavy (non-hydrogen) atoms. The number of rotatable bonds is 2. The molecule has 1 aliphatic rings. The lowest BCUT2D eigenvalue weighted by atomic mass is 10.1. The minimum absolute atomic E-state index is 0. The van der Waals surface area contributed by atoms with Crippen molar-refractivity contribution < 1.29 is 21.7 Å². The van der Waals surface area contributed by atoms with E-state index < -0.39 is 0 Å². The first kappa shape index (κ1) is 18.3. The van der Waals surface area contributed by atoms with Crippen molar-refractivity contribution >= 4 is 28.0 Å². The average molecular weight is 372 g/mol. The van der Waals surface area contributed by atoms with Crippen LogP contribution in [0.3, 0.4) is 0 Å². The minimum Gasteiger partial charge on any atom is -1.00 e. The Morgan fingerprint density at radius 3 is 2.54 bits per heavy atom. The zero-order chi connectivity index (χ0) is 17.7. The lowest BCUT2D eigenvalue weighted by Gasteiger charge is -2.22. The Morgan fingerprint density at radius 2 is 1.85 bits per heavy atom. The van der Waals surface area contributed by atoms with Gasteiger partial charge in [0.25, 0.3) is 0 Å². The van der Waals surface area contributed by atoms with E-state index in [2.05, 4.69) is 24.1 Å². The van der Waals surface area contributed by atoms with Crippen LogP contribution in [0.2, 0.25) is 0 Å². The Hall–Kier alpha value is -2.50. The Kier molecular flexibility index (Phi) is 4.69. The highest BCUT2D eigenvalue weighted by atomic mass is 35.5. The van der Waals surface area contributed by atoms with Crippen LogP contribution in [0.15, 0.2) is 57.7 Å². The monoisotopic (exact) mass is 371 g/mol. The van der Waals surface area contributed by atoms with Crippen LogP contribution in [0.5, 0.6) is 0 Å². The highest BCUT2D eigenvalue weighted by Gasteiger charge is 2.39. The maximum Gasteiger partial charge on any atom is 0.347 e. The molecule has 0 spiro atoms. The van der Waals surface area contributed by atoms with Crippen molar-refractivity contribution in [3.63, 3.8) is 0 Å². The second kappa shape index (κ2) is 6.67. The van der Waals surface area contributed by atoms with Crippen LogP contribution in [0.1, 0.15) is 11.7 Å². The molecular weight excluding hydrogens is 350 g/mol. The second-order valence-corrected chi connectivity index (χ2v) is 6.82. The summed E-state index contributed by atoms with van der Waals surface area (Å²) in [6, 6.07) is 16.2. The van der Waals surface area contributed by atoms with E-state index in [0.717, 1.165) is 16.8 Å². The lowest BCUT2D eigenvalue weighted by Crippen LogP contribution is -3.04. The normalized spacial score (nSPS) is 18.5. The Balaban J connectivity index is 0.00000196. The van der Waals surface area contributed by atoms with Crippen LogP contribution in [-0.2, 0) is 0 Å². The van der Waals surface area contributed by atoms with Crippen LogP contribution < -0.4 is 32.7 Å². The van der Waals surface area contributed by atoms with Crippen molar-refractivity contribution in [1.82, 2.24) is 0 Å². The van der Waals surface area contributed by atoms with E-state index >= 15 is 0 Å². The van der Waals surface area contributed by atoms with Gasteiger partial charge < -0.3 is 26.6 Å². The van der Waals surface area contributed by atoms with E-state index in [4.69, 9.17) is 4.42 Å². The summed E-state index contributed by atoms with van der Waals surface area (Å²) >= 11 is 0. The van der Waals surface area contributed by atoms with Gasteiger partial charge in [-0.25, -0.2) is 4.79 Å². The van der Waals surface area contributed by atoms with Crippen molar-refractivity contribution in [2.24, 2.45) is 0 Å². The van der Waals surface area contributed by atoms with Gasteiger partial charge in [-0.1, -0.05) is 12.1 Å². The minimum atomic E-state index is -0.271. The number of anilines is 2. The highest BCUT2D eigenvalue weighted by Crippen LogP contribution is 2.33. The molecule has 0 saturated heterocycles. The first-order chi connectivity index (χ1) is 12.0. The molecule has 2 atom stereocenters. The quantitative estimate of drug-likeness (QED) is 0.596. The molecule has 6 heteroatoms. The molecule has 2 heterocycles. The first-order valence-electron chi connectivity index (χ1n) is 8.38. The summed E-state index contributed by atoms with van der Waals surface area (Å²) in [6.07, 6.45) is -0.0911. The number of hydrogen-bond donors (Lipinski definition) is 1. The van der Waals surface area contributed by atoms with E-state index in [1.165, 1.54) is 10.6 Å². The smallest absolute Gasteiger partial charge is 0.347 e. The van der Waals surface area contributed by atoms with Crippen molar-refractivity contribution in [2.45, 2.75) is 6.17 Å². The molecule has 1 N–H and O–H groups in total. The predicted octanol–water partition coefficient (Wildman–Crippen LogP) is -0.842. The summed E-state index contributed by atoms with van der Waals surface area (Å²) < 4.78 is 5.67.